The van der Waals surface area contributed by atoms with Crippen LogP contribution in [0.15, 0.2) is 64.2 Å². The lowest BCUT2D eigenvalue weighted by atomic mass is 10.2. The first-order valence-electron chi connectivity index (χ1n) is 7.23. The standard InChI is InChI=1S/C17H14ClN3O2S/c18-14-8-4-5-12(9-14)10-19-15(22)11-24-17-21-20-16(23-17)13-6-2-1-3-7-13/h1-9H,10-11H2,(H,19,22). The predicted molar refractivity (Wildman–Crippen MR) is 93.8 cm³/mol. The van der Waals surface area contributed by atoms with Crippen LogP contribution in [-0.4, -0.2) is 21.9 Å². The van der Waals surface area contributed by atoms with Gasteiger partial charge in [0.05, 0.1) is 5.75 Å². The van der Waals surface area contributed by atoms with Gasteiger partial charge in [0.25, 0.3) is 5.22 Å². The van der Waals surface area contributed by atoms with Crippen LogP contribution in [0.25, 0.3) is 11.5 Å². The summed E-state index contributed by atoms with van der Waals surface area (Å²) in [5.41, 5.74) is 1.80. The molecule has 122 valence electrons. The highest BCUT2D eigenvalue weighted by atomic mass is 35.5. The second kappa shape index (κ2) is 7.99. The summed E-state index contributed by atoms with van der Waals surface area (Å²) in [6, 6.07) is 16.9. The lowest BCUT2D eigenvalue weighted by Crippen LogP contribution is -2.24. The number of amides is 1. The van der Waals surface area contributed by atoms with Gasteiger partial charge in [0.2, 0.25) is 11.8 Å². The molecule has 1 heterocycles. The summed E-state index contributed by atoms with van der Waals surface area (Å²) < 4.78 is 5.54. The number of rotatable bonds is 6. The van der Waals surface area contributed by atoms with Crippen molar-refractivity contribution < 1.29 is 9.21 Å². The molecule has 0 aliphatic heterocycles. The van der Waals surface area contributed by atoms with E-state index in [0.29, 0.717) is 22.7 Å². The Morgan fingerprint density at radius 1 is 1.12 bits per heavy atom. The Balaban J connectivity index is 1.49. The van der Waals surface area contributed by atoms with Crippen LogP contribution >= 0.6 is 23.4 Å². The molecule has 0 unspecified atom stereocenters. The molecule has 0 radical (unpaired) electrons. The van der Waals surface area contributed by atoms with Gasteiger partial charge in [-0.25, -0.2) is 0 Å². The van der Waals surface area contributed by atoms with Crippen molar-refractivity contribution in [3.8, 4) is 11.5 Å². The summed E-state index contributed by atoms with van der Waals surface area (Å²) in [4.78, 5) is 11.9. The SMILES string of the molecule is O=C(CSc1nnc(-c2ccccc2)o1)NCc1cccc(Cl)c1. The molecule has 0 atom stereocenters. The topological polar surface area (TPSA) is 68.0 Å². The second-order valence-electron chi connectivity index (χ2n) is 4.93. The van der Waals surface area contributed by atoms with Crippen LogP contribution in [0.3, 0.4) is 0 Å². The van der Waals surface area contributed by atoms with Crippen LogP contribution in [-0.2, 0) is 11.3 Å². The van der Waals surface area contributed by atoms with Crippen molar-refractivity contribution in [2.45, 2.75) is 11.8 Å². The molecule has 5 nitrogen and oxygen atoms in total. The minimum Gasteiger partial charge on any atom is -0.411 e. The van der Waals surface area contributed by atoms with Gasteiger partial charge in [0, 0.05) is 17.1 Å². The van der Waals surface area contributed by atoms with Gasteiger partial charge in [0.1, 0.15) is 0 Å². The van der Waals surface area contributed by atoms with E-state index in [0.717, 1.165) is 11.1 Å². The number of aromatic nitrogens is 2. The van der Waals surface area contributed by atoms with Crippen molar-refractivity contribution in [2.75, 3.05) is 5.75 Å². The van der Waals surface area contributed by atoms with E-state index in [9.17, 15) is 4.79 Å². The maximum absolute atomic E-state index is 11.9. The van der Waals surface area contributed by atoms with Crippen molar-refractivity contribution in [3.63, 3.8) is 0 Å². The van der Waals surface area contributed by atoms with Gasteiger partial charge >= 0.3 is 0 Å². The summed E-state index contributed by atoms with van der Waals surface area (Å²) >= 11 is 7.11. The van der Waals surface area contributed by atoms with Gasteiger partial charge in [-0.2, -0.15) is 0 Å². The largest absolute Gasteiger partial charge is 0.411 e. The number of carbonyl (C=O) groups is 1. The molecule has 1 N–H and O–H groups in total. The number of thioether (sulfide) groups is 1. The maximum atomic E-state index is 11.9. The number of benzene rings is 2. The van der Waals surface area contributed by atoms with E-state index >= 15 is 0 Å². The quantitative estimate of drug-likeness (QED) is 0.678. The number of carbonyl (C=O) groups excluding carboxylic acids is 1. The minimum atomic E-state index is -0.112. The zero-order valence-corrected chi connectivity index (χ0v) is 14.2. The van der Waals surface area contributed by atoms with Crippen molar-refractivity contribution >= 4 is 29.3 Å². The molecular weight excluding hydrogens is 346 g/mol. The molecule has 24 heavy (non-hydrogen) atoms. The molecule has 7 heteroatoms. The Labute approximate surface area is 148 Å². The van der Waals surface area contributed by atoms with E-state index in [1.165, 1.54) is 11.8 Å². The molecule has 0 fully saturated rings. The average Bonchev–Trinajstić information content (AvgIpc) is 3.08. The Morgan fingerprint density at radius 3 is 2.75 bits per heavy atom. The highest BCUT2D eigenvalue weighted by Crippen LogP contribution is 2.22. The molecule has 3 rings (SSSR count). The zero-order valence-electron chi connectivity index (χ0n) is 12.6. The first-order valence-corrected chi connectivity index (χ1v) is 8.60. The van der Waals surface area contributed by atoms with Crippen molar-refractivity contribution in [3.05, 3.63) is 65.2 Å². The lowest BCUT2D eigenvalue weighted by molar-refractivity contribution is -0.118. The normalized spacial score (nSPS) is 10.5. The summed E-state index contributed by atoms with van der Waals surface area (Å²) in [5.74, 6) is 0.536. The fourth-order valence-electron chi connectivity index (χ4n) is 1.99. The average molecular weight is 360 g/mol. The van der Waals surface area contributed by atoms with Crippen LogP contribution in [0.1, 0.15) is 5.56 Å². The van der Waals surface area contributed by atoms with Crippen molar-refractivity contribution in [1.29, 1.82) is 0 Å². The van der Waals surface area contributed by atoms with Gasteiger partial charge in [-0.1, -0.05) is 53.7 Å². The number of hydrogen-bond donors (Lipinski definition) is 1. The maximum Gasteiger partial charge on any atom is 0.277 e. The number of hydrogen-bond acceptors (Lipinski definition) is 5. The van der Waals surface area contributed by atoms with Crippen LogP contribution in [0.5, 0.6) is 0 Å². The highest BCUT2D eigenvalue weighted by Gasteiger charge is 2.10. The highest BCUT2D eigenvalue weighted by molar-refractivity contribution is 7.99. The number of nitrogens with one attached hydrogen (secondary N) is 1. The molecular formula is C17H14ClN3O2S. The third-order valence-electron chi connectivity index (χ3n) is 3.13. The number of nitrogens with zero attached hydrogens (tertiary/aromatic N) is 2. The van der Waals surface area contributed by atoms with E-state index in [1.807, 2.05) is 48.5 Å². The fourth-order valence-corrected chi connectivity index (χ4v) is 2.80. The molecule has 0 spiro atoms. The summed E-state index contributed by atoms with van der Waals surface area (Å²) in [6.45, 7) is 0.430. The summed E-state index contributed by atoms with van der Waals surface area (Å²) in [6.07, 6.45) is 0. The van der Waals surface area contributed by atoms with Gasteiger partial charge in [-0.15, -0.1) is 10.2 Å². The van der Waals surface area contributed by atoms with E-state index < -0.39 is 0 Å². The van der Waals surface area contributed by atoms with Crippen LogP contribution in [0.2, 0.25) is 5.02 Å². The predicted octanol–water partition coefficient (Wildman–Crippen LogP) is 3.80. The molecule has 0 aliphatic rings. The lowest BCUT2D eigenvalue weighted by Gasteiger charge is -2.04. The van der Waals surface area contributed by atoms with Gasteiger partial charge in [-0.05, 0) is 29.8 Å². The molecule has 0 saturated heterocycles. The third-order valence-corrected chi connectivity index (χ3v) is 4.19. The van der Waals surface area contributed by atoms with Crippen LogP contribution in [0.4, 0.5) is 0 Å². The fraction of sp³-hybridized carbons (Fsp3) is 0.118. The second-order valence-corrected chi connectivity index (χ2v) is 6.30. The smallest absolute Gasteiger partial charge is 0.277 e. The molecule has 0 aliphatic carbocycles. The van der Waals surface area contributed by atoms with E-state index in [1.54, 1.807) is 6.07 Å². The van der Waals surface area contributed by atoms with Crippen LogP contribution in [0, 0.1) is 0 Å². The Kier molecular flexibility index (Phi) is 5.51. The van der Waals surface area contributed by atoms with E-state index in [4.69, 9.17) is 16.0 Å². The van der Waals surface area contributed by atoms with Crippen molar-refractivity contribution in [2.24, 2.45) is 0 Å². The molecule has 0 saturated carbocycles. The third kappa shape index (κ3) is 4.59. The summed E-state index contributed by atoms with van der Waals surface area (Å²) in [5, 5.41) is 11.8. The molecule has 1 amide bonds. The number of halogens is 1. The Morgan fingerprint density at radius 2 is 1.96 bits per heavy atom. The molecule has 0 bridgehead atoms. The van der Waals surface area contributed by atoms with Gasteiger partial charge < -0.3 is 9.73 Å². The Hall–Kier alpha value is -2.31. The first-order chi connectivity index (χ1) is 11.7. The van der Waals surface area contributed by atoms with Gasteiger partial charge in [0.15, 0.2) is 0 Å². The molecule has 3 aromatic rings. The van der Waals surface area contributed by atoms with E-state index in [2.05, 4.69) is 15.5 Å². The molecule has 1 aromatic heterocycles. The van der Waals surface area contributed by atoms with E-state index in [-0.39, 0.29) is 11.7 Å². The summed E-state index contributed by atoms with van der Waals surface area (Å²) in [7, 11) is 0. The van der Waals surface area contributed by atoms with Gasteiger partial charge in [-0.3, -0.25) is 4.79 Å². The minimum absolute atomic E-state index is 0.112. The van der Waals surface area contributed by atoms with Crippen LogP contribution < -0.4 is 5.32 Å². The first kappa shape index (κ1) is 16.5. The Bertz CT molecular complexity index is 823. The molecule has 2 aromatic carbocycles. The zero-order chi connectivity index (χ0) is 16.8. The monoisotopic (exact) mass is 359 g/mol. The van der Waals surface area contributed by atoms with Crippen molar-refractivity contribution in [1.82, 2.24) is 15.5 Å².